The van der Waals surface area contributed by atoms with Crippen LogP contribution in [0.2, 0.25) is 0 Å². The van der Waals surface area contributed by atoms with Crippen molar-refractivity contribution < 1.29 is 4.74 Å². The Morgan fingerprint density at radius 1 is 1.24 bits per heavy atom. The molecule has 0 aromatic heterocycles. The van der Waals surface area contributed by atoms with E-state index >= 15 is 0 Å². The lowest BCUT2D eigenvalue weighted by Crippen LogP contribution is -2.18. The molecule has 0 saturated carbocycles. The van der Waals surface area contributed by atoms with Crippen LogP contribution in [0.5, 0.6) is 0 Å². The molecule has 1 aliphatic rings. The highest BCUT2D eigenvalue weighted by Gasteiger charge is 2.12. The molecule has 1 aromatic rings. The second-order valence-electron chi connectivity index (χ2n) is 4.46. The van der Waals surface area contributed by atoms with Crippen LogP contribution in [0.4, 0.5) is 5.69 Å². The predicted octanol–water partition coefficient (Wildman–Crippen LogP) is 2.79. The highest BCUT2D eigenvalue weighted by atomic mass is 16.5. The third kappa shape index (κ3) is 3.76. The zero-order chi connectivity index (χ0) is 11.9. The van der Waals surface area contributed by atoms with E-state index in [1.54, 1.807) is 0 Å². The third-order valence-corrected chi connectivity index (χ3v) is 3.24. The van der Waals surface area contributed by atoms with Gasteiger partial charge in [0.1, 0.15) is 0 Å². The number of nitriles is 1. The summed E-state index contributed by atoms with van der Waals surface area (Å²) < 4.78 is 5.34. The average molecular weight is 230 g/mol. The number of nitrogens with one attached hydrogen (secondary N) is 1. The largest absolute Gasteiger partial charge is 0.385 e. The smallest absolute Gasteiger partial charge is 0.0991 e. The topological polar surface area (TPSA) is 45.0 Å². The Morgan fingerprint density at radius 3 is 2.59 bits per heavy atom. The van der Waals surface area contributed by atoms with Crippen molar-refractivity contribution in [1.82, 2.24) is 0 Å². The molecule has 0 radical (unpaired) electrons. The molecule has 1 fully saturated rings. The molecule has 1 saturated heterocycles. The van der Waals surface area contributed by atoms with Gasteiger partial charge in [0, 0.05) is 25.4 Å². The number of benzene rings is 1. The third-order valence-electron chi connectivity index (χ3n) is 3.24. The van der Waals surface area contributed by atoms with E-state index in [4.69, 9.17) is 10.00 Å². The maximum atomic E-state index is 8.69. The first kappa shape index (κ1) is 11.9. The lowest BCUT2D eigenvalue weighted by atomic mass is 9.97. The van der Waals surface area contributed by atoms with E-state index in [-0.39, 0.29) is 0 Å². The first-order valence-corrected chi connectivity index (χ1v) is 6.20. The van der Waals surface area contributed by atoms with Gasteiger partial charge >= 0.3 is 0 Å². The minimum Gasteiger partial charge on any atom is -0.385 e. The van der Waals surface area contributed by atoms with E-state index in [0.29, 0.717) is 5.56 Å². The van der Waals surface area contributed by atoms with E-state index in [9.17, 15) is 0 Å². The molecule has 3 nitrogen and oxygen atoms in total. The highest BCUT2D eigenvalue weighted by Crippen LogP contribution is 2.18. The summed E-state index contributed by atoms with van der Waals surface area (Å²) >= 11 is 0. The molecule has 0 atom stereocenters. The minimum atomic E-state index is 0.708. The molecule has 2 rings (SSSR count). The Kier molecular flexibility index (Phi) is 4.40. The van der Waals surface area contributed by atoms with Crippen LogP contribution in [0.15, 0.2) is 24.3 Å². The maximum Gasteiger partial charge on any atom is 0.0991 e. The normalized spacial score (nSPS) is 16.4. The van der Waals surface area contributed by atoms with Crippen LogP contribution in [0.25, 0.3) is 0 Å². The Morgan fingerprint density at radius 2 is 1.94 bits per heavy atom. The number of ether oxygens (including phenoxy) is 1. The van der Waals surface area contributed by atoms with Crippen LogP contribution in [0.3, 0.4) is 0 Å². The van der Waals surface area contributed by atoms with Gasteiger partial charge in [-0.05, 0) is 49.4 Å². The van der Waals surface area contributed by atoms with Crippen molar-refractivity contribution in [2.75, 3.05) is 25.1 Å². The second-order valence-corrected chi connectivity index (χ2v) is 4.46. The molecule has 1 N–H and O–H groups in total. The molecule has 0 spiro atoms. The first-order valence-electron chi connectivity index (χ1n) is 6.20. The quantitative estimate of drug-likeness (QED) is 0.865. The standard InChI is InChI=1S/C14H18N2O/c15-11-13-1-3-14(4-2-13)16-8-5-12-6-9-17-10-7-12/h1-4,12,16H,5-10H2. The van der Waals surface area contributed by atoms with Crippen molar-refractivity contribution in [3.05, 3.63) is 29.8 Å². The van der Waals surface area contributed by atoms with E-state index in [1.807, 2.05) is 24.3 Å². The van der Waals surface area contributed by atoms with Crippen molar-refractivity contribution in [3.8, 4) is 6.07 Å². The first-order chi connectivity index (χ1) is 8.38. The fraction of sp³-hybridized carbons (Fsp3) is 0.500. The fourth-order valence-corrected chi connectivity index (χ4v) is 2.12. The minimum absolute atomic E-state index is 0.708. The van der Waals surface area contributed by atoms with Gasteiger partial charge in [0.15, 0.2) is 0 Å². The molecule has 0 aliphatic carbocycles. The van der Waals surface area contributed by atoms with Gasteiger partial charge in [0.2, 0.25) is 0 Å². The molecule has 1 aromatic carbocycles. The number of hydrogen-bond donors (Lipinski definition) is 1. The number of anilines is 1. The molecule has 17 heavy (non-hydrogen) atoms. The van der Waals surface area contributed by atoms with E-state index in [2.05, 4.69) is 11.4 Å². The van der Waals surface area contributed by atoms with Crippen LogP contribution in [0.1, 0.15) is 24.8 Å². The van der Waals surface area contributed by atoms with Gasteiger partial charge in [-0.3, -0.25) is 0 Å². The summed E-state index contributed by atoms with van der Waals surface area (Å²) in [6, 6.07) is 9.73. The van der Waals surface area contributed by atoms with Gasteiger partial charge in [-0.1, -0.05) is 0 Å². The average Bonchev–Trinajstić information content (AvgIpc) is 2.41. The lowest BCUT2D eigenvalue weighted by Gasteiger charge is -2.22. The molecule has 0 unspecified atom stereocenters. The molecule has 1 aliphatic heterocycles. The molecular weight excluding hydrogens is 212 g/mol. The van der Waals surface area contributed by atoms with Crippen molar-refractivity contribution in [3.63, 3.8) is 0 Å². The van der Waals surface area contributed by atoms with Crippen molar-refractivity contribution in [1.29, 1.82) is 5.26 Å². The van der Waals surface area contributed by atoms with Gasteiger partial charge < -0.3 is 10.1 Å². The van der Waals surface area contributed by atoms with Gasteiger partial charge in [0.25, 0.3) is 0 Å². The molecule has 0 amide bonds. The Labute approximate surface area is 102 Å². The van der Waals surface area contributed by atoms with Crippen molar-refractivity contribution in [2.24, 2.45) is 5.92 Å². The van der Waals surface area contributed by atoms with Gasteiger partial charge in [-0.25, -0.2) is 0 Å². The highest BCUT2D eigenvalue weighted by molar-refractivity contribution is 5.46. The van der Waals surface area contributed by atoms with Gasteiger partial charge in [-0.2, -0.15) is 5.26 Å². The molecule has 1 heterocycles. The van der Waals surface area contributed by atoms with Crippen LogP contribution in [-0.2, 0) is 4.74 Å². The summed E-state index contributed by atoms with van der Waals surface area (Å²) in [5.41, 5.74) is 1.80. The van der Waals surface area contributed by atoms with E-state index < -0.39 is 0 Å². The number of nitrogens with zero attached hydrogens (tertiary/aromatic N) is 1. The maximum absolute atomic E-state index is 8.69. The van der Waals surface area contributed by atoms with Gasteiger partial charge in [-0.15, -0.1) is 0 Å². The van der Waals surface area contributed by atoms with Crippen LogP contribution in [-0.4, -0.2) is 19.8 Å². The van der Waals surface area contributed by atoms with Gasteiger partial charge in [0.05, 0.1) is 11.6 Å². The SMILES string of the molecule is N#Cc1ccc(NCCC2CCOCC2)cc1. The summed E-state index contributed by atoms with van der Waals surface area (Å²) in [6.07, 6.45) is 3.58. The Hall–Kier alpha value is -1.53. The lowest BCUT2D eigenvalue weighted by molar-refractivity contribution is 0.0649. The summed E-state index contributed by atoms with van der Waals surface area (Å²) in [5, 5.41) is 12.1. The van der Waals surface area contributed by atoms with Crippen LogP contribution in [0, 0.1) is 17.2 Å². The Balaban J connectivity index is 1.72. The number of rotatable bonds is 4. The molecule has 0 bridgehead atoms. The Bertz CT molecular complexity index is 374. The summed E-state index contributed by atoms with van der Waals surface area (Å²) in [6.45, 7) is 2.83. The van der Waals surface area contributed by atoms with E-state index in [1.165, 1.54) is 19.3 Å². The summed E-state index contributed by atoms with van der Waals surface area (Å²) in [5.74, 6) is 0.801. The fourth-order valence-electron chi connectivity index (χ4n) is 2.12. The second kappa shape index (κ2) is 6.27. The summed E-state index contributed by atoms with van der Waals surface area (Å²) in [7, 11) is 0. The van der Waals surface area contributed by atoms with Crippen LogP contribution < -0.4 is 5.32 Å². The predicted molar refractivity (Wildman–Crippen MR) is 67.8 cm³/mol. The summed E-state index contributed by atoms with van der Waals surface area (Å²) in [4.78, 5) is 0. The van der Waals surface area contributed by atoms with Crippen LogP contribution >= 0.6 is 0 Å². The molecular formula is C14H18N2O. The van der Waals surface area contributed by atoms with Crippen molar-refractivity contribution >= 4 is 5.69 Å². The monoisotopic (exact) mass is 230 g/mol. The number of hydrogen-bond acceptors (Lipinski definition) is 3. The molecule has 90 valence electrons. The zero-order valence-electron chi connectivity index (χ0n) is 9.98. The zero-order valence-corrected chi connectivity index (χ0v) is 9.98. The van der Waals surface area contributed by atoms with Crippen molar-refractivity contribution in [2.45, 2.75) is 19.3 Å². The molecule has 3 heteroatoms. The van der Waals surface area contributed by atoms with E-state index in [0.717, 1.165) is 31.4 Å².